The van der Waals surface area contributed by atoms with Gasteiger partial charge in [0.05, 0.1) is 15.4 Å². The molecule has 86 valence electrons. The molecule has 1 atom stereocenters. The molecule has 0 aliphatic rings. The number of carbonyl (C=O) groups is 1. The summed E-state index contributed by atoms with van der Waals surface area (Å²) in [4.78, 5) is 13.5. The van der Waals surface area contributed by atoms with Crippen LogP contribution >= 0.6 is 22.9 Å². The Morgan fingerprint density at radius 1 is 1.56 bits per heavy atom. The summed E-state index contributed by atoms with van der Waals surface area (Å²) in [6.07, 6.45) is 0. The molecule has 5 heteroatoms. The molecule has 1 aromatic heterocycles. The SMILES string of the molecule is CC(C)C(C#N)C(=O)N(C)c1ccc(Cl)s1. The lowest BCUT2D eigenvalue weighted by Crippen LogP contribution is -2.34. The number of nitrogens with zero attached hydrogens (tertiary/aromatic N) is 2. The van der Waals surface area contributed by atoms with Crippen molar-refractivity contribution < 1.29 is 4.79 Å². The number of halogens is 1. The molecule has 0 spiro atoms. The molecule has 0 saturated carbocycles. The van der Waals surface area contributed by atoms with Gasteiger partial charge in [-0.25, -0.2) is 0 Å². The third-order valence-corrected chi connectivity index (χ3v) is 3.60. The van der Waals surface area contributed by atoms with Crippen molar-refractivity contribution in [1.29, 1.82) is 5.26 Å². The van der Waals surface area contributed by atoms with Crippen LogP contribution in [0.15, 0.2) is 12.1 Å². The molecule has 3 nitrogen and oxygen atoms in total. The quantitative estimate of drug-likeness (QED) is 0.834. The molecule has 0 saturated heterocycles. The van der Waals surface area contributed by atoms with Gasteiger partial charge < -0.3 is 4.90 Å². The van der Waals surface area contributed by atoms with Crippen LogP contribution in [0.4, 0.5) is 5.00 Å². The van der Waals surface area contributed by atoms with Gasteiger partial charge in [-0.3, -0.25) is 4.79 Å². The van der Waals surface area contributed by atoms with Gasteiger partial charge in [0.25, 0.3) is 0 Å². The predicted molar refractivity (Wildman–Crippen MR) is 66.7 cm³/mol. The van der Waals surface area contributed by atoms with E-state index in [9.17, 15) is 4.79 Å². The van der Waals surface area contributed by atoms with Gasteiger partial charge in [-0.15, -0.1) is 11.3 Å². The second-order valence-corrected chi connectivity index (χ2v) is 5.52. The average Bonchev–Trinajstić information content (AvgIpc) is 2.64. The number of rotatable bonds is 3. The molecule has 1 amide bonds. The highest BCUT2D eigenvalue weighted by Gasteiger charge is 2.26. The first-order valence-electron chi connectivity index (χ1n) is 4.90. The van der Waals surface area contributed by atoms with Crippen LogP contribution in [0.25, 0.3) is 0 Å². The lowest BCUT2D eigenvalue weighted by molar-refractivity contribution is -0.121. The van der Waals surface area contributed by atoms with Gasteiger partial charge in [-0.1, -0.05) is 25.4 Å². The Bertz CT molecular complexity index is 422. The van der Waals surface area contributed by atoms with E-state index in [1.54, 1.807) is 19.2 Å². The molecule has 16 heavy (non-hydrogen) atoms. The predicted octanol–water partition coefficient (Wildman–Crippen LogP) is 3.16. The van der Waals surface area contributed by atoms with Gasteiger partial charge in [0.2, 0.25) is 5.91 Å². The second-order valence-electron chi connectivity index (χ2n) is 3.83. The zero-order valence-corrected chi connectivity index (χ0v) is 11.0. The Hall–Kier alpha value is -1.05. The van der Waals surface area contributed by atoms with Crippen LogP contribution in [0, 0.1) is 23.2 Å². The standard InChI is InChI=1S/C11H13ClN2OS/c1-7(2)8(6-13)11(15)14(3)10-5-4-9(12)16-10/h4-5,7-8H,1-3H3. The Morgan fingerprint density at radius 3 is 2.56 bits per heavy atom. The van der Waals surface area contributed by atoms with E-state index >= 15 is 0 Å². The third-order valence-electron chi connectivity index (χ3n) is 2.29. The number of carbonyl (C=O) groups excluding carboxylic acids is 1. The fourth-order valence-corrected chi connectivity index (χ4v) is 2.29. The first kappa shape index (κ1) is 13.0. The lowest BCUT2D eigenvalue weighted by atomic mass is 9.96. The van der Waals surface area contributed by atoms with Gasteiger partial charge in [0.1, 0.15) is 5.92 Å². The first-order chi connectivity index (χ1) is 7.47. The highest BCUT2D eigenvalue weighted by atomic mass is 35.5. The van der Waals surface area contributed by atoms with Crippen molar-refractivity contribution in [2.75, 3.05) is 11.9 Å². The topological polar surface area (TPSA) is 44.1 Å². The van der Waals surface area contributed by atoms with Gasteiger partial charge in [0.15, 0.2) is 0 Å². The second kappa shape index (κ2) is 5.33. The molecule has 0 aliphatic heterocycles. The summed E-state index contributed by atoms with van der Waals surface area (Å²) >= 11 is 7.13. The van der Waals surface area contributed by atoms with E-state index in [-0.39, 0.29) is 11.8 Å². The zero-order valence-electron chi connectivity index (χ0n) is 9.40. The van der Waals surface area contributed by atoms with E-state index in [1.165, 1.54) is 16.2 Å². The smallest absolute Gasteiger partial charge is 0.244 e. The Kier molecular flexibility index (Phi) is 4.34. The summed E-state index contributed by atoms with van der Waals surface area (Å²) in [5.74, 6) is -0.780. The van der Waals surface area contributed by atoms with Crippen LogP contribution < -0.4 is 4.90 Å². The molecular formula is C11H13ClN2OS. The summed E-state index contributed by atoms with van der Waals surface area (Å²) in [6.45, 7) is 3.72. The zero-order chi connectivity index (χ0) is 12.3. The summed E-state index contributed by atoms with van der Waals surface area (Å²) in [7, 11) is 1.66. The number of nitriles is 1. The fourth-order valence-electron chi connectivity index (χ4n) is 1.29. The van der Waals surface area contributed by atoms with Crippen LogP contribution in [-0.2, 0) is 4.79 Å². The summed E-state index contributed by atoms with van der Waals surface area (Å²) in [6, 6.07) is 5.55. The summed E-state index contributed by atoms with van der Waals surface area (Å²) < 4.78 is 0.632. The number of hydrogen-bond donors (Lipinski definition) is 0. The molecule has 1 unspecified atom stereocenters. The van der Waals surface area contributed by atoms with Crippen molar-refractivity contribution in [3.05, 3.63) is 16.5 Å². The minimum absolute atomic E-state index is 0.00961. The maximum Gasteiger partial charge on any atom is 0.244 e. The normalized spacial score (nSPS) is 12.2. The third kappa shape index (κ3) is 2.75. The van der Waals surface area contributed by atoms with E-state index < -0.39 is 5.92 Å². The summed E-state index contributed by atoms with van der Waals surface area (Å²) in [5.41, 5.74) is 0. The van der Waals surface area contributed by atoms with Gasteiger partial charge in [0, 0.05) is 7.05 Å². The van der Waals surface area contributed by atoms with Crippen molar-refractivity contribution in [2.24, 2.45) is 11.8 Å². The molecule has 0 radical (unpaired) electrons. The lowest BCUT2D eigenvalue weighted by Gasteiger charge is -2.20. The van der Waals surface area contributed by atoms with Gasteiger partial charge in [-0.2, -0.15) is 5.26 Å². The number of amides is 1. The van der Waals surface area contributed by atoms with Crippen LogP contribution in [0.1, 0.15) is 13.8 Å². The van der Waals surface area contributed by atoms with Crippen LogP contribution in [-0.4, -0.2) is 13.0 Å². The molecule has 0 N–H and O–H groups in total. The Morgan fingerprint density at radius 2 is 2.19 bits per heavy atom. The maximum absolute atomic E-state index is 12.0. The molecule has 0 bridgehead atoms. The van der Waals surface area contributed by atoms with Crippen molar-refractivity contribution in [3.8, 4) is 6.07 Å². The van der Waals surface area contributed by atoms with Crippen molar-refractivity contribution in [2.45, 2.75) is 13.8 Å². The van der Waals surface area contributed by atoms with Crippen molar-refractivity contribution >= 4 is 33.8 Å². The number of anilines is 1. The minimum atomic E-state index is -0.606. The summed E-state index contributed by atoms with van der Waals surface area (Å²) in [5, 5.41) is 9.71. The van der Waals surface area contributed by atoms with E-state index in [2.05, 4.69) is 0 Å². The van der Waals surface area contributed by atoms with E-state index in [0.717, 1.165) is 5.00 Å². The van der Waals surface area contributed by atoms with E-state index in [0.29, 0.717) is 4.34 Å². The first-order valence-corrected chi connectivity index (χ1v) is 6.09. The Labute approximate surface area is 104 Å². The monoisotopic (exact) mass is 256 g/mol. The van der Waals surface area contributed by atoms with Crippen LogP contribution in [0.5, 0.6) is 0 Å². The van der Waals surface area contributed by atoms with E-state index in [1.807, 2.05) is 19.9 Å². The highest BCUT2D eigenvalue weighted by Crippen LogP contribution is 2.30. The number of thiophene rings is 1. The minimum Gasteiger partial charge on any atom is -0.306 e. The molecule has 0 aliphatic carbocycles. The van der Waals surface area contributed by atoms with Gasteiger partial charge in [-0.05, 0) is 18.1 Å². The van der Waals surface area contributed by atoms with E-state index in [4.69, 9.17) is 16.9 Å². The molecule has 1 heterocycles. The molecule has 0 fully saturated rings. The van der Waals surface area contributed by atoms with Crippen molar-refractivity contribution in [3.63, 3.8) is 0 Å². The van der Waals surface area contributed by atoms with Gasteiger partial charge >= 0.3 is 0 Å². The van der Waals surface area contributed by atoms with Crippen LogP contribution in [0.3, 0.4) is 0 Å². The molecule has 1 rings (SSSR count). The van der Waals surface area contributed by atoms with Crippen molar-refractivity contribution in [1.82, 2.24) is 0 Å². The maximum atomic E-state index is 12.0. The average molecular weight is 257 g/mol. The highest BCUT2D eigenvalue weighted by molar-refractivity contribution is 7.20. The largest absolute Gasteiger partial charge is 0.306 e. The molecule has 0 aromatic carbocycles. The van der Waals surface area contributed by atoms with Crippen LogP contribution in [0.2, 0.25) is 4.34 Å². The fraction of sp³-hybridized carbons (Fsp3) is 0.455. The molecule has 1 aromatic rings. The molecular weight excluding hydrogens is 244 g/mol. The Balaban J connectivity index is 2.86. The number of hydrogen-bond acceptors (Lipinski definition) is 3.